The number of ether oxygens (including phenoxy) is 1. The fourth-order valence-electron chi connectivity index (χ4n) is 2.25. The maximum absolute atomic E-state index is 11.9. The third kappa shape index (κ3) is 3.26. The maximum Gasteiger partial charge on any atom is 0.358 e. The van der Waals surface area contributed by atoms with E-state index < -0.39 is 5.97 Å². The number of carbonyl (C=O) groups is 1. The number of benzene rings is 2. The Hall–Kier alpha value is -2.01. The monoisotopic (exact) mass is 380 g/mol. The van der Waals surface area contributed by atoms with E-state index in [1.165, 1.54) is 7.11 Å². The zero-order valence-electron chi connectivity index (χ0n) is 12.5. The van der Waals surface area contributed by atoms with Gasteiger partial charge in [0.15, 0.2) is 5.69 Å². The fraction of sp³-hybridized carbons (Fsp3) is 0.0588. The van der Waals surface area contributed by atoms with Crippen molar-refractivity contribution in [2.24, 2.45) is 0 Å². The van der Waals surface area contributed by atoms with E-state index in [0.29, 0.717) is 26.4 Å². The lowest BCUT2D eigenvalue weighted by atomic mass is 10.1. The zero-order chi connectivity index (χ0) is 17.3. The van der Waals surface area contributed by atoms with Crippen LogP contribution in [0, 0.1) is 0 Å². The first-order chi connectivity index (χ1) is 11.5. The summed E-state index contributed by atoms with van der Waals surface area (Å²) in [4.78, 5) is 11.9. The molecule has 0 aliphatic carbocycles. The highest BCUT2D eigenvalue weighted by molar-refractivity contribution is 6.35. The number of nitrogens with zero attached hydrogens (tertiary/aromatic N) is 2. The van der Waals surface area contributed by atoms with Gasteiger partial charge in [-0.25, -0.2) is 9.48 Å². The number of hydrogen-bond donors (Lipinski definition) is 0. The lowest BCUT2D eigenvalue weighted by molar-refractivity contribution is 0.0593. The van der Waals surface area contributed by atoms with Gasteiger partial charge in [0.1, 0.15) is 0 Å². The van der Waals surface area contributed by atoms with Crippen LogP contribution in [0.1, 0.15) is 10.5 Å². The van der Waals surface area contributed by atoms with Crippen LogP contribution in [-0.2, 0) is 4.74 Å². The minimum atomic E-state index is -0.533. The van der Waals surface area contributed by atoms with Crippen molar-refractivity contribution >= 4 is 40.8 Å². The van der Waals surface area contributed by atoms with E-state index >= 15 is 0 Å². The van der Waals surface area contributed by atoms with Crippen LogP contribution in [0.15, 0.2) is 48.5 Å². The van der Waals surface area contributed by atoms with Crippen molar-refractivity contribution in [2.75, 3.05) is 7.11 Å². The first kappa shape index (κ1) is 16.8. The van der Waals surface area contributed by atoms with E-state index in [1.54, 1.807) is 41.1 Å². The number of halogens is 3. The molecule has 0 aliphatic heterocycles. The second-order valence-corrected chi connectivity index (χ2v) is 6.20. The summed E-state index contributed by atoms with van der Waals surface area (Å²) in [6, 6.07) is 13.9. The minimum absolute atomic E-state index is 0.175. The van der Waals surface area contributed by atoms with Crippen LogP contribution in [0.2, 0.25) is 15.1 Å². The van der Waals surface area contributed by atoms with Gasteiger partial charge in [-0.3, -0.25) is 0 Å². The van der Waals surface area contributed by atoms with Gasteiger partial charge in [0, 0.05) is 15.6 Å². The summed E-state index contributed by atoms with van der Waals surface area (Å²) in [7, 11) is 1.30. The maximum atomic E-state index is 11.9. The van der Waals surface area contributed by atoms with Crippen LogP contribution in [0.3, 0.4) is 0 Å². The highest BCUT2D eigenvalue weighted by atomic mass is 35.5. The number of aromatic nitrogens is 2. The van der Waals surface area contributed by atoms with Crippen LogP contribution < -0.4 is 0 Å². The second kappa shape index (κ2) is 6.85. The molecule has 24 heavy (non-hydrogen) atoms. The van der Waals surface area contributed by atoms with E-state index in [4.69, 9.17) is 39.5 Å². The van der Waals surface area contributed by atoms with Crippen molar-refractivity contribution in [3.8, 4) is 16.9 Å². The highest BCUT2D eigenvalue weighted by Gasteiger charge is 2.18. The van der Waals surface area contributed by atoms with Crippen LogP contribution in [0.25, 0.3) is 16.9 Å². The molecule has 1 aromatic heterocycles. The standard InChI is InChI=1S/C17H11Cl3N2O2/c1-24-17(23)14-9-16(10-2-4-11(18)5-3-10)22(21-14)15-7-6-12(19)8-13(15)20/h2-9H,1H3. The predicted molar refractivity (Wildman–Crippen MR) is 95.4 cm³/mol. The van der Waals surface area contributed by atoms with Gasteiger partial charge < -0.3 is 4.74 Å². The molecule has 4 nitrogen and oxygen atoms in total. The van der Waals surface area contributed by atoms with Gasteiger partial charge in [-0.15, -0.1) is 0 Å². The van der Waals surface area contributed by atoms with Gasteiger partial charge in [-0.05, 0) is 36.4 Å². The Kier molecular flexibility index (Phi) is 4.81. The quantitative estimate of drug-likeness (QED) is 0.579. The van der Waals surface area contributed by atoms with E-state index in [1.807, 2.05) is 12.1 Å². The summed E-state index contributed by atoms with van der Waals surface area (Å²) in [6.07, 6.45) is 0. The Bertz CT molecular complexity index is 905. The van der Waals surface area contributed by atoms with Crippen LogP contribution in [0.5, 0.6) is 0 Å². The molecule has 0 saturated heterocycles. The largest absolute Gasteiger partial charge is 0.464 e. The summed E-state index contributed by atoms with van der Waals surface area (Å²) in [5, 5.41) is 5.86. The third-order valence-corrected chi connectivity index (χ3v) is 4.17. The Morgan fingerprint density at radius 3 is 2.29 bits per heavy atom. The van der Waals surface area contributed by atoms with Crippen molar-refractivity contribution in [3.63, 3.8) is 0 Å². The Morgan fingerprint density at radius 2 is 1.67 bits per heavy atom. The Balaban J connectivity index is 2.21. The van der Waals surface area contributed by atoms with Crippen LogP contribution >= 0.6 is 34.8 Å². The van der Waals surface area contributed by atoms with Gasteiger partial charge in [-0.1, -0.05) is 46.9 Å². The molecule has 0 spiro atoms. The van der Waals surface area contributed by atoms with Crippen LogP contribution in [-0.4, -0.2) is 22.9 Å². The average molecular weight is 382 g/mol. The third-order valence-electron chi connectivity index (χ3n) is 3.38. The molecule has 0 fully saturated rings. The molecule has 2 aromatic carbocycles. The molecule has 3 rings (SSSR count). The smallest absolute Gasteiger partial charge is 0.358 e. The van der Waals surface area contributed by atoms with Crippen LogP contribution in [0.4, 0.5) is 0 Å². The molecule has 0 radical (unpaired) electrons. The minimum Gasteiger partial charge on any atom is -0.464 e. The lowest BCUT2D eigenvalue weighted by Gasteiger charge is -2.09. The predicted octanol–water partition coefficient (Wildman–Crippen LogP) is 5.29. The fourth-order valence-corrected chi connectivity index (χ4v) is 2.86. The number of rotatable bonds is 3. The van der Waals surface area contributed by atoms with Gasteiger partial charge >= 0.3 is 5.97 Å². The topological polar surface area (TPSA) is 44.1 Å². The number of esters is 1. The first-order valence-electron chi connectivity index (χ1n) is 6.89. The lowest BCUT2D eigenvalue weighted by Crippen LogP contribution is -2.05. The Labute approximate surface area is 153 Å². The van der Waals surface area contributed by atoms with Crippen molar-refractivity contribution in [3.05, 3.63) is 69.3 Å². The van der Waals surface area contributed by atoms with Crippen molar-refractivity contribution in [1.29, 1.82) is 0 Å². The van der Waals surface area contributed by atoms with Crippen molar-refractivity contribution < 1.29 is 9.53 Å². The molecule has 0 N–H and O–H groups in total. The number of methoxy groups -OCH3 is 1. The molecule has 0 atom stereocenters. The molecule has 1 heterocycles. The molecule has 0 saturated carbocycles. The molecular weight excluding hydrogens is 371 g/mol. The highest BCUT2D eigenvalue weighted by Crippen LogP contribution is 2.30. The molecule has 3 aromatic rings. The molecule has 0 bridgehead atoms. The summed E-state index contributed by atoms with van der Waals surface area (Å²) >= 11 is 18.2. The Morgan fingerprint density at radius 1 is 1.00 bits per heavy atom. The molecule has 0 amide bonds. The number of hydrogen-bond acceptors (Lipinski definition) is 3. The summed E-state index contributed by atoms with van der Waals surface area (Å²) in [5.74, 6) is -0.533. The molecule has 0 aliphatic rings. The van der Waals surface area contributed by atoms with Crippen molar-refractivity contribution in [2.45, 2.75) is 0 Å². The molecular formula is C17H11Cl3N2O2. The zero-order valence-corrected chi connectivity index (χ0v) is 14.7. The van der Waals surface area contributed by atoms with Gasteiger partial charge in [0.25, 0.3) is 0 Å². The summed E-state index contributed by atoms with van der Waals surface area (Å²) < 4.78 is 6.33. The summed E-state index contributed by atoms with van der Waals surface area (Å²) in [6.45, 7) is 0. The SMILES string of the molecule is COC(=O)c1cc(-c2ccc(Cl)cc2)n(-c2ccc(Cl)cc2Cl)n1. The number of carbonyl (C=O) groups excluding carboxylic acids is 1. The van der Waals surface area contributed by atoms with Gasteiger partial charge in [0.2, 0.25) is 0 Å². The average Bonchev–Trinajstić information content (AvgIpc) is 3.00. The van der Waals surface area contributed by atoms with E-state index in [9.17, 15) is 4.79 Å². The van der Waals surface area contributed by atoms with Crippen molar-refractivity contribution in [1.82, 2.24) is 9.78 Å². The van der Waals surface area contributed by atoms with E-state index in [-0.39, 0.29) is 5.69 Å². The molecule has 7 heteroatoms. The van der Waals surface area contributed by atoms with E-state index in [0.717, 1.165) is 5.56 Å². The van der Waals surface area contributed by atoms with Gasteiger partial charge in [0.05, 0.1) is 23.5 Å². The normalized spacial score (nSPS) is 10.7. The first-order valence-corrected chi connectivity index (χ1v) is 8.02. The molecule has 122 valence electrons. The summed E-state index contributed by atoms with van der Waals surface area (Å²) in [5.41, 5.74) is 2.28. The molecule has 0 unspecified atom stereocenters. The second-order valence-electron chi connectivity index (χ2n) is 4.92. The van der Waals surface area contributed by atoms with Gasteiger partial charge in [-0.2, -0.15) is 5.10 Å². The van der Waals surface area contributed by atoms with E-state index in [2.05, 4.69) is 5.10 Å².